The highest BCUT2D eigenvalue weighted by molar-refractivity contribution is 5.20. The van der Waals surface area contributed by atoms with E-state index < -0.39 is 0 Å². The van der Waals surface area contributed by atoms with E-state index in [0.717, 1.165) is 13.0 Å². The summed E-state index contributed by atoms with van der Waals surface area (Å²) in [6, 6.07) is 10.5. The third-order valence-corrected chi connectivity index (χ3v) is 5.91. The van der Waals surface area contributed by atoms with Gasteiger partial charge >= 0.3 is 0 Å². The van der Waals surface area contributed by atoms with Gasteiger partial charge in [-0.05, 0) is 36.7 Å². The number of hydrogen-bond donors (Lipinski definition) is 0. The van der Waals surface area contributed by atoms with Gasteiger partial charge in [-0.15, -0.1) is 0 Å². The highest BCUT2D eigenvalue weighted by atomic mass is 16.6. The number of ether oxygens (including phenoxy) is 2. The fraction of sp³-hybridized carbons (Fsp3) is 0.667. The molecule has 0 radical (unpaired) electrons. The monoisotopic (exact) mass is 272 g/mol. The summed E-state index contributed by atoms with van der Waals surface area (Å²) in [5.74, 6) is 0. The van der Waals surface area contributed by atoms with Crippen molar-refractivity contribution in [3.05, 3.63) is 35.9 Å². The van der Waals surface area contributed by atoms with Crippen molar-refractivity contribution in [2.45, 2.75) is 69.9 Å². The highest BCUT2D eigenvalue weighted by Gasteiger charge is 2.71. The van der Waals surface area contributed by atoms with E-state index in [1.165, 1.54) is 37.7 Å². The molecule has 3 aliphatic rings. The molecule has 2 nitrogen and oxygen atoms in total. The van der Waals surface area contributed by atoms with E-state index in [4.69, 9.17) is 9.47 Å². The Morgan fingerprint density at radius 1 is 1.15 bits per heavy atom. The van der Waals surface area contributed by atoms with Gasteiger partial charge in [-0.3, -0.25) is 0 Å². The van der Waals surface area contributed by atoms with Crippen LogP contribution in [0.25, 0.3) is 0 Å². The smallest absolute Gasteiger partial charge is 0.114 e. The van der Waals surface area contributed by atoms with E-state index >= 15 is 0 Å². The summed E-state index contributed by atoms with van der Waals surface area (Å²) in [4.78, 5) is 0. The topological polar surface area (TPSA) is 21.8 Å². The number of rotatable bonds is 3. The molecule has 1 aromatic carbocycles. The molecular formula is C18H24O2. The zero-order chi connectivity index (χ0) is 13.6. The van der Waals surface area contributed by atoms with Gasteiger partial charge in [0, 0.05) is 0 Å². The van der Waals surface area contributed by atoms with Crippen molar-refractivity contribution in [3.8, 4) is 0 Å². The minimum Gasteiger partial charge on any atom is -0.371 e. The van der Waals surface area contributed by atoms with Crippen LogP contribution < -0.4 is 0 Å². The fourth-order valence-corrected chi connectivity index (χ4v) is 4.57. The predicted molar refractivity (Wildman–Crippen MR) is 78.4 cm³/mol. The molecule has 20 heavy (non-hydrogen) atoms. The highest BCUT2D eigenvalue weighted by Crippen LogP contribution is 2.65. The first kappa shape index (κ1) is 12.8. The molecule has 2 heteroatoms. The lowest BCUT2D eigenvalue weighted by Crippen LogP contribution is -2.47. The first-order valence-corrected chi connectivity index (χ1v) is 8.07. The van der Waals surface area contributed by atoms with E-state index in [1.807, 2.05) is 0 Å². The molecule has 1 aromatic rings. The Hall–Kier alpha value is -0.860. The second kappa shape index (κ2) is 4.57. The number of epoxide rings is 1. The molecule has 1 saturated heterocycles. The summed E-state index contributed by atoms with van der Waals surface area (Å²) in [7, 11) is 0. The quantitative estimate of drug-likeness (QED) is 0.773. The molecule has 0 amide bonds. The van der Waals surface area contributed by atoms with Crippen molar-refractivity contribution < 1.29 is 9.47 Å². The van der Waals surface area contributed by atoms with E-state index in [-0.39, 0.29) is 5.60 Å². The van der Waals surface area contributed by atoms with Crippen molar-refractivity contribution in [1.82, 2.24) is 0 Å². The zero-order valence-electron chi connectivity index (χ0n) is 12.3. The largest absolute Gasteiger partial charge is 0.371 e. The van der Waals surface area contributed by atoms with Crippen LogP contribution in [0.15, 0.2) is 30.3 Å². The summed E-state index contributed by atoms with van der Waals surface area (Å²) in [5, 5.41) is 0. The van der Waals surface area contributed by atoms with Crippen molar-refractivity contribution in [1.29, 1.82) is 0 Å². The van der Waals surface area contributed by atoms with Crippen molar-refractivity contribution >= 4 is 0 Å². The summed E-state index contributed by atoms with van der Waals surface area (Å²) < 4.78 is 12.4. The van der Waals surface area contributed by atoms with E-state index in [2.05, 4.69) is 37.3 Å². The van der Waals surface area contributed by atoms with Crippen molar-refractivity contribution in [2.75, 3.05) is 0 Å². The van der Waals surface area contributed by atoms with Crippen LogP contribution in [-0.4, -0.2) is 17.8 Å². The minimum atomic E-state index is 0.171. The third-order valence-electron chi connectivity index (χ3n) is 5.91. The van der Waals surface area contributed by atoms with Gasteiger partial charge in [0.05, 0.1) is 12.7 Å². The van der Waals surface area contributed by atoms with Gasteiger partial charge in [-0.2, -0.15) is 0 Å². The second-order valence-electron chi connectivity index (χ2n) is 7.07. The van der Waals surface area contributed by atoms with Crippen LogP contribution in [0, 0.1) is 5.41 Å². The Morgan fingerprint density at radius 3 is 2.80 bits per heavy atom. The van der Waals surface area contributed by atoms with Crippen LogP contribution in [0.1, 0.15) is 51.0 Å². The Balaban J connectivity index is 1.43. The van der Waals surface area contributed by atoms with Crippen LogP contribution in [0.4, 0.5) is 0 Å². The van der Waals surface area contributed by atoms with Crippen LogP contribution in [0.3, 0.4) is 0 Å². The summed E-state index contributed by atoms with van der Waals surface area (Å²) in [6.07, 6.45) is 8.40. The lowest BCUT2D eigenvalue weighted by molar-refractivity contribution is -0.0167. The summed E-state index contributed by atoms with van der Waals surface area (Å²) in [5.41, 5.74) is 1.85. The van der Waals surface area contributed by atoms with E-state index in [1.54, 1.807) is 0 Å². The minimum absolute atomic E-state index is 0.171. The van der Waals surface area contributed by atoms with E-state index in [0.29, 0.717) is 17.6 Å². The van der Waals surface area contributed by atoms with Gasteiger partial charge in [0.1, 0.15) is 11.7 Å². The van der Waals surface area contributed by atoms with Gasteiger partial charge in [0.15, 0.2) is 0 Å². The van der Waals surface area contributed by atoms with Crippen molar-refractivity contribution in [2.24, 2.45) is 5.41 Å². The van der Waals surface area contributed by atoms with Crippen molar-refractivity contribution in [3.63, 3.8) is 0 Å². The van der Waals surface area contributed by atoms with Crippen LogP contribution >= 0.6 is 0 Å². The third kappa shape index (κ3) is 1.85. The van der Waals surface area contributed by atoms with Crippen LogP contribution in [-0.2, 0) is 16.1 Å². The number of hydrogen-bond acceptors (Lipinski definition) is 2. The lowest BCUT2D eigenvalue weighted by Gasteiger charge is -2.44. The molecule has 0 aromatic heterocycles. The molecule has 2 aliphatic carbocycles. The summed E-state index contributed by atoms with van der Waals surface area (Å²) >= 11 is 0. The van der Waals surface area contributed by atoms with Gasteiger partial charge in [-0.1, -0.05) is 50.1 Å². The zero-order valence-corrected chi connectivity index (χ0v) is 12.3. The fourth-order valence-electron chi connectivity index (χ4n) is 4.57. The molecule has 0 N–H and O–H groups in total. The normalized spacial score (nSPS) is 42.6. The molecule has 0 unspecified atom stereocenters. The summed E-state index contributed by atoms with van der Waals surface area (Å²) in [6.45, 7) is 3.16. The Labute approximate surface area is 121 Å². The molecule has 108 valence electrons. The maximum absolute atomic E-state index is 6.25. The van der Waals surface area contributed by atoms with E-state index in [9.17, 15) is 0 Å². The average molecular weight is 272 g/mol. The maximum atomic E-state index is 6.25. The van der Waals surface area contributed by atoms with Gasteiger partial charge in [0.25, 0.3) is 0 Å². The molecular weight excluding hydrogens is 248 g/mol. The number of benzene rings is 1. The maximum Gasteiger partial charge on any atom is 0.114 e. The first-order valence-electron chi connectivity index (χ1n) is 8.07. The molecule has 0 bridgehead atoms. The molecule has 1 spiro atoms. The molecule has 1 aliphatic heterocycles. The van der Waals surface area contributed by atoms with Crippen LogP contribution in [0.2, 0.25) is 0 Å². The van der Waals surface area contributed by atoms with Crippen LogP contribution in [0.5, 0.6) is 0 Å². The SMILES string of the molecule is C[C@@]12CCCC[C@]13O[C@@H]3[C@H](OCc1ccccc1)CC2. The predicted octanol–water partition coefficient (Wildman–Crippen LogP) is 4.08. The van der Waals surface area contributed by atoms with Gasteiger partial charge in [-0.25, -0.2) is 0 Å². The molecule has 4 atom stereocenters. The second-order valence-corrected chi connectivity index (χ2v) is 7.07. The van der Waals surface area contributed by atoms with Gasteiger partial charge in [0.2, 0.25) is 0 Å². The molecule has 3 fully saturated rings. The Morgan fingerprint density at radius 2 is 1.95 bits per heavy atom. The first-order chi connectivity index (χ1) is 9.74. The molecule has 2 saturated carbocycles. The average Bonchev–Trinajstić information content (AvgIpc) is 3.21. The lowest BCUT2D eigenvalue weighted by atomic mass is 9.59. The Bertz CT molecular complexity index is 485. The van der Waals surface area contributed by atoms with Gasteiger partial charge < -0.3 is 9.47 Å². The molecule has 1 heterocycles. The molecule has 4 rings (SSSR count). The standard InChI is InChI=1S/C18H24O2/c1-17-10-5-6-11-18(17)16(20-18)15(9-12-17)19-13-14-7-3-2-4-8-14/h2-4,7-8,15-16H,5-6,9-13H2,1H3/t15-,16-,17+,18-/m1/s1. The Kier molecular flexibility index (Phi) is 2.94.